The van der Waals surface area contributed by atoms with E-state index in [-0.39, 0.29) is 22.5 Å². The molecular weight excluding hydrogens is 304 g/mol. The van der Waals surface area contributed by atoms with Gasteiger partial charge in [-0.05, 0) is 78.8 Å². The molecule has 7 atom stereocenters. The van der Waals surface area contributed by atoms with Gasteiger partial charge in [-0.2, -0.15) is 0 Å². The molecule has 7 unspecified atom stereocenters. The van der Waals surface area contributed by atoms with E-state index in [9.17, 15) is 19.8 Å². The van der Waals surface area contributed by atoms with Crippen LogP contribution in [0.4, 0.5) is 0 Å². The summed E-state index contributed by atoms with van der Waals surface area (Å²) >= 11 is 0. The van der Waals surface area contributed by atoms with Gasteiger partial charge in [0.2, 0.25) is 0 Å². The lowest BCUT2D eigenvalue weighted by Crippen LogP contribution is -2.54. The first-order valence-corrected chi connectivity index (χ1v) is 9.43. The van der Waals surface area contributed by atoms with Crippen molar-refractivity contribution >= 4 is 11.8 Å². The topological polar surface area (TPSA) is 74.6 Å². The van der Waals surface area contributed by atoms with Gasteiger partial charge in [-0.3, -0.25) is 9.59 Å². The lowest BCUT2D eigenvalue weighted by molar-refractivity contribution is -0.150. The highest BCUT2D eigenvalue weighted by Crippen LogP contribution is 2.66. The van der Waals surface area contributed by atoms with Crippen molar-refractivity contribution in [3.05, 3.63) is 11.6 Å². The Morgan fingerprint density at radius 2 is 1.92 bits per heavy atom. The van der Waals surface area contributed by atoms with Crippen LogP contribution in [0.15, 0.2) is 11.6 Å². The van der Waals surface area contributed by atoms with Gasteiger partial charge in [0.25, 0.3) is 0 Å². The van der Waals surface area contributed by atoms with Crippen molar-refractivity contribution in [2.75, 3.05) is 0 Å². The number of rotatable bonds is 1. The molecule has 4 aliphatic carbocycles. The Balaban J connectivity index is 1.71. The third-order valence-corrected chi connectivity index (χ3v) is 8.27. The number of carboxylic acid groups (broad SMARTS) is 1. The molecule has 0 amide bonds. The predicted octanol–water partition coefficient (Wildman–Crippen LogP) is 3.19. The lowest BCUT2D eigenvalue weighted by Gasteiger charge is -2.58. The van der Waals surface area contributed by atoms with Crippen LogP contribution in [0, 0.1) is 34.5 Å². The van der Waals surface area contributed by atoms with Gasteiger partial charge in [0.05, 0.1) is 12.0 Å². The smallest absolute Gasteiger partial charge is 0.307 e. The molecular formula is C20H28O4. The molecule has 4 rings (SSSR count). The Kier molecular flexibility index (Phi) is 3.51. The Bertz CT molecular complexity index is 623. The van der Waals surface area contributed by atoms with Crippen LogP contribution in [0.25, 0.3) is 0 Å². The fraction of sp³-hybridized carbons (Fsp3) is 0.800. The minimum Gasteiger partial charge on any atom is -0.481 e. The zero-order valence-corrected chi connectivity index (χ0v) is 14.6. The Labute approximate surface area is 143 Å². The third-order valence-electron chi connectivity index (χ3n) is 8.27. The molecule has 0 saturated heterocycles. The van der Waals surface area contributed by atoms with Gasteiger partial charge in [-0.25, -0.2) is 0 Å². The molecule has 0 spiro atoms. The number of hydrogen-bond donors (Lipinski definition) is 2. The van der Waals surface area contributed by atoms with Gasteiger partial charge in [-0.15, -0.1) is 0 Å². The first-order chi connectivity index (χ1) is 11.3. The summed E-state index contributed by atoms with van der Waals surface area (Å²) in [4.78, 5) is 23.6. The van der Waals surface area contributed by atoms with Crippen LogP contribution < -0.4 is 0 Å². The maximum atomic E-state index is 11.9. The van der Waals surface area contributed by atoms with Gasteiger partial charge in [0.15, 0.2) is 5.78 Å². The van der Waals surface area contributed by atoms with E-state index in [1.54, 1.807) is 6.08 Å². The first kappa shape index (κ1) is 16.3. The van der Waals surface area contributed by atoms with Crippen molar-refractivity contribution in [3.63, 3.8) is 0 Å². The molecule has 0 aliphatic heterocycles. The molecule has 3 fully saturated rings. The standard InChI is InChI=1S/C20H28O4/c1-19-8-6-14-12(13(19)3-4-15(19)18(23)24)10-17(22)16-9-11(21)5-7-20(14,16)2/h9,12-15,17,22H,3-8,10H2,1-2H3,(H,23,24). The van der Waals surface area contributed by atoms with Crippen molar-refractivity contribution in [2.24, 2.45) is 34.5 Å². The maximum Gasteiger partial charge on any atom is 0.307 e. The summed E-state index contributed by atoms with van der Waals surface area (Å²) in [6.07, 6.45) is 7.02. The normalized spacial score (nSPS) is 50.5. The van der Waals surface area contributed by atoms with Crippen molar-refractivity contribution in [1.82, 2.24) is 0 Å². The number of hydrogen-bond acceptors (Lipinski definition) is 3. The fourth-order valence-electron chi connectivity index (χ4n) is 7.01. The number of aliphatic carboxylic acids is 1. The van der Waals surface area contributed by atoms with Crippen molar-refractivity contribution in [3.8, 4) is 0 Å². The molecule has 0 radical (unpaired) electrons. The van der Waals surface area contributed by atoms with E-state index in [0.717, 1.165) is 37.7 Å². The number of ketones is 1. The Morgan fingerprint density at radius 1 is 1.17 bits per heavy atom. The summed E-state index contributed by atoms with van der Waals surface area (Å²) in [5, 5.41) is 20.4. The van der Waals surface area contributed by atoms with Gasteiger partial charge in [0.1, 0.15) is 0 Å². The SMILES string of the molecule is CC12CCC(=O)C=C1C(O)CC1C2CCC2(C)C(C(=O)O)CCC12. The second-order valence-electron chi connectivity index (χ2n) is 9.12. The molecule has 0 heterocycles. The van der Waals surface area contributed by atoms with Crippen LogP contribution in [-0.4, -0.2) is 28.1 Å². The number of aliphatic hydroxyl groups is 1. The van der Waals surface area contributed by atoms with Crippen LogP contribution >= 0.6 is 0 Å². The average Bonchev–Trinajstić information content (AvgIpc) is 2.87. The highest BCUT2D eigenvalue weighted by molar-refractivity contribution is 5.91. The molecule has 4 nitrogen and oxygen atoms in total. The number of aliphatic hydroxyl groups excluding tert-OH is 1. The van der Waals surface area contributed by atoms with Gasteiger partial charge in [-0.1, -0.05) is 13.8 Å². The molecule has 132 valence electrons. The van der Waals surface area contributed by atoms with E-state index in [0.29, 0.717) is 30.6 Å². The Morgan fingerprint density at radius 3 is 2.62 bits per heavy atom. The van der Waals surface area contributed by atoms with Crippen molar-refractivity contribution in [2.45, 2.75) is 64.9 Å². The zero-order valence-electron chi connectivity index (χ0n) is 14.6. The highest BCUT2D eigenvalue weighted by Gasteiger charge is 2.61. The van der Waals surface area contributed by atoms with Crippen LogP contribution in [-0.2, 0) is 9.59 Å². The third kappa shape index (κ3) is 2.01. The molecule has 0 aromatic rings. The monoisotopic (exact) mass is 332 g/mol. The van der Waals surface area contributed by atoms with Crippen LogP contribution in [0.1, 0.15) is 58.8 Å². The molecule has 3 saturated carbocycles. The number of carboxylic acids is 1. The van der Waals surface area contributed by atoms with Gasteiger partial charge in [0, 0.05) is 6.42 Å². The quantitative estimate of drug-likeness (QED) is 0.773. The molecule has 24 heavy (non-hydrogen) atoms. The Hall–Kier alpha value is -1.16. The maximum absolute atomic E-state index is 11.9. The van der Waals surface area contributed by atoms with Crippen LogP contribution in [0.3, 0.4) is 0 Å². The average molecular weight is 332 g/mol. The van der Waals surface area contributed by atoms with Crippen LogP contribution in [0.2, 0.25) is 0 Å². The van der Waals surface area contributed by atoms with Crippen LogP contribution in [0.5, 0.6) is 0 Å². The highest BCUT2D eigenvalue weighted by atomic mass is 16.4. The molecule has 0 aromatic heterocycles. The molecule has 2 N–H and O–H groups in total. The minimum atomic E-state index is -0.648. The van der Waals surface area contributed by atoms with E-state index in [1.165, 1.54) is 0 Å². The van der Waals surface area contributed by atoms with E-state index < -0.39 is 12.1 Å². The second-order valence-corrected chi connectivity index (χ2v) is 9.12. The summed E-state index contributed by atoms with van der Waals surface area (Å²) in [6.45, 7) is 4.40. The van der Waals surface area contributed by atoms with Gasteiger partial charge < -0.3 is 10.2 Å². The fourth-order valence-corrected chi connectivity index (χ4v) is 7.01. The molecule has 4 aliphatic rings. The van der Waals surface area contributed by atoms with E-state index in [2.05, 4.69) is 13.8 Å². The summed E-state index contributed by atoms with van der Waals surface area (Å²) in [7, 11) is 0. The zero-order chi connectivity index (χ0) is 17.3. The molecule has 0 aromatic carbocycles. The van der Waals surface area contributed by atoms with E-state index in [1.807, 2.05) is 0 Å². The van der Waals surface area contributed by atoms with E-state index in [4.69, 9.17) is 0 Å². The first-order valence-electron chi connectivity index (χ1n) is 9.43. The molecule has 0 bridgehead atoms. The predicted molar refractivity (Wildman–Crippen MR) is 89.2 cm³/mol. The summed E-state index contributed by atoms with van der Waals surface area (Å²) in [5.41, 5.74) is 0.740. The van der Waals surface area contributed by atoms with Gasteiger partial charge >= 0.3 is 5.97 Å². The number of carbonyl (C=O) groups is 2. The van der Waals surface area contributed by atoms with E-state index >= 15 is 0 Å². The largest absolute Gasteiger partial charge is 0.481 e. The number of fused-ring (bicyclic) bond motifs is 5. The summed E-state index contributed by atoms with van der Waals surface area (Å²) < 4.78 is 0. The number of carbonyl (C=O) groups excluding carboxylic acids is 1. The minimum absolute atomic E-state index is 0.0844. The summed E-state index contributed by atoms with van der Waals surface area (Å²) in [5.74, 6) is 0.517. The summed E-state index contributed by atoms with van der Waals surface area (Å²) in [6, 6.07) is 0. The van der Waals surface area contributed by atoms with Crippen molar-refractivity contribution < 1.29 is 19.8 Å². The van der Waals surface area contributed by atoms with Crippen molar-refractivity contribution in [1.29, 1.82) is 0 Å². The molecule has 4 heteroatoms. The second kappa shape index (κ2) is 5.17. The lowest BCUT2D eigenvalue weighted by atomic mass is 9.46.